The largest absolute Gasteiger partial charge is 0.465 e. The summed E-state index contributed by atoms with van der Waals surface area (Å²) in [7, 11) is 0. The summed E-state index contributed by atoms with van der Waals surface area (Å²) < 4.78 is 10.5. The first-order chi connectivity index (χ1) is 9.83. The predicted molar refractivity (Wildman–Crippen MR) is 89.4 cm³/mol. The van der Waals surface area contributed by atoms with Gasteiger partial charge in [0.15, 0.2) is 0 Å². The van der Waals surface area contributed by atoms with Gasteiger partial charge < -0.3 is 14.8 Å². The van der Waals surface area contributed by atoms with Crippen molar-refractivity contribution in [1.29, 1.82) is 0 Å². The lowest BCUT2D eigenvalue weighted by molar-refractivity contribution is -0.163. The van der Waals surface area contributed by atoms with Crippen molar-refractivity contribution in [3.05, 3.63) is 0 Å². The maximum absolute atomic E-state index is 11.9. The molecule has 21 heavy (non-hydrogen) atoms. The van der Waals surface area contributed by atoms with E-state index in [1.165, 1.54) is 0 Å². The molecule has 1 aliphatic heterocycles. The average molecular weight is 411 g/mol. The molecule has 1 aliphatic rings. The lowest BCUT2D eigenvalue weighted by Crippen LogP contribution is -2.42. The third-order valence-corrected chi connectivity index (χ3v) is 4.30. The number of carbonyl (C=O) groups is 2. The van der Waals surface area contributed by atoms with Gasteiger partial charge in [0, 0.05) is 12.3 Å². The highest BCUT2D eigenvalue weighted by Crippen LogP contribution is 2.29. The lowest BCUT2D eigenvalue weighted by atomic mass is 9.83. The molecule has 1 rings (SSSR count). The topological polar surface area (TPSA) is 64.6 Å². The zero-order valence-corrected chi connectivity index (χ0v) is 15.3. The first-order valence-corrected chi connectivity index (χ1v) is 8.81. The van der Waals surface area contributed by atoms with Crippen LogP contribution >= 0.6 is 22.6 Å². The van der Waals surface area contributed by atoms with Crippen LogP contribution in [0.25, 0.3) is 0 Å². The van der Waals surface area contributed by atoms with Gasteiger partial charge >= 0.3 is 11.9 Å². The Morgan fingerprint density at radius 2 is 1.95 bits per heavy atom. The molecule has 5 nitrogen and oxygen atoms in total. The zero-order valence-electron chi connectivity index (χ0n) is 13.1. The number of nitrogens with one attached hydrogen (secondary N) is 1. The van der Waals surface area contributed by atoms with Crippen molar-refractivity contribution in [2.45, 2.75) is 56.0 Å². The summed E-state index contributed by atoms with van der Waals surface area (Å²) in [4.78, 5) is 23.2. The second-order valence-electron chi connectivity index (χ2n) is 5.99. The molecule has 0 aromatic carbocycles. The Kier molecular flexibility index (Phi) is 7.94. The number of rotatable bonds is 7. The first kappa shape index (κ1) is 18.7. The molecule has 1 fully saturated rings. The maximum atomic E-state index is 11.9. The van der Waals surface area contributed by atoms with E-state index in [1.54, 1.807) is 6.92 Å². The second-order valence-corrected chi connectivity index (χ2v) is 7.86. The molecule has 0 spiro atoms. The lowest BCUT2D eigenvalue weighted by Gasteiger charge is -2.36. The van der Waals surface area contributed by atoms with E-state index in [2.05, 4.69) is 5.32 Å². The Labute approximate surface area is 140 Å². The van der Waals surface area contributed by atoms with Crippen molar-refractivity contribution in [1.82, 2.24) is 5.32 Å². The smallest absolute Gasteiger partial charge is 0.318 e. The molecule has 122 valence electrons. The summed E-state index contributed by atoms with van der Waals surface area (Å²) in [6.07, 6.45) is 2.87. The Morgan fingerprint density at radius 1 is 1.33 bits per heavy atom. The molecule has 0 aromatic heterocycles. The summed E-state index contributed by atoms with van der Waals surface area (Å²) >= 11 is 2.00. The van der Waals surface area contributed by atoms with Gasteiger partial charge in [-0.15, -0.1) is 0 Å². The molecular formula is C15H26INO4. The van der Waals surface area contributed by atoms with E-state index in [1.807, 2.05) is 36.4 Å². The van der Waals surface area contributed by atoms with E-state index < -0.39 is 5.60 Å². The average Bonchev–Trinajstić information content (AvgIpc) is 2.43. The normalized spacial score (nSPS) is 18.1. The van der Waals surface area contributed by atoms with Crippen molar-refractivity contribution in [3.63, 3.8) is 0 Å². The quantitative estimate of drug-likeness (QED) is 0.302. The first-order valence-electron chi connectivity index (χ1n) is 7.56. The van der Waals surface area contributed by atoms with Gasteiger partial charge in [-0.1, -0.05) is 22.6 Å². The molecule has 0 bridgehead atoms. The zero-order chi connectivity index (χ0) is 15.9. The Balaban J connectivity index is 2.24. The Morgan fingerprint density at radius 3 is 2.52 bits per heavy atom. The highest BCUT2D eigenvalue weighted by Gasteiger charge is 2.33. The monoisotopic (exact) mass is 411 g/mol. The van der Waals surface area contributed by atoms with E-state index in [0.29, 0.717) is 12.3 Å². The van der Waals surface area contributed by atoms with Crippen LogP contribution in [0.4, 0.5) is 0 Å². The molecule has 1 unspecified atom stereocenters. The fraction of sp³-hybridized carbons (Fsp3) is 0.867. The van der Waals surface area contributed by atoms with Gasteiger partial charge in [0.05, 0.1) is 6.61 Å². The van der Waals surface area contributed by atoms with Crippen LogP contribution in [0.15, 0.2) is 0 Å². The second kappa shape index (κ2) is 8.92. The van der Waals surface area contributed by atoms with Gasteiger partial charge in [0.1, 0.15) is 9.53 Å². The molecule has 1 atom stereocenters. The summed E-state index contributed by atoms with van der Waals surface area (Å²) in [6.45, 7) is 7.98. The fourth-order valence-electron chi connectivity index (χ4n) is 2.45. The third-order valence-electron chi connectivity index (χ3n) is 3.79. The van der Waals surface area contributed by atoms with Gasteiger partial charge in [-0.25, -0.2) is 0 Å². The fourth-order valence-corrected chi connectivity index (χ4v) is 2.63. The van der Waals surface area contributed by atoms with E-state index in [4.69, 9.17) is 9.47 Å². The van der Waals surface area contributed by atoms with E-state index in [-0.39, 0.29) is 28.9 Å². The van der Waals surface area contributed by atoms with Crippen molar-refractivity contribution in [2.75, 3.05) is 19.7 Å². The van der Waals surface area contributed by atoms with Crippen molar-refractivity contribution < 1.29 is 19.1 Å². The van der Waals surface area contributed by atoms with Gasteiger partial charge in [-0.2, -0.15) is 0 Å². The van der Waals surface area contributed by atoms with E-state index in [9.17, 15) is 9.59 Å². The van der Waals surface area contributed by atoms with Gasteiger partial charge in [-0.05, 0) is 53.1 Å². The molecule has 0 aliphatic carbocycles. The number of hydrogen-bond donors (Lipinski definition) is 1. The van der Waals surface area contributed by atoms with Crippen molar-refractivity contribution in [3.8, 4) is 0 Å². The molecule has 1 saturated heterocycles. The van der Waals surface area contributed by atoms with E-state index in [0.717, 1.165) is 25.9 Å². The number of carbonyl (C=O) groups excluding carboxylic acids is 2. The van der Waals surface area contributed by atoms with Gasteiger partial charge in [0.2, 0.25) is 0 Å². The molecule has 0 aromatic rings. The molecule has 6 heteroatoms. The van der Waals surface area contributed by atoms with Crippen LogP contribution in [0.5, 0.6) is 0 Å². The highest BCUT2D eigenvalue weighted by atomic mass is 127. The van der Waals surface area contributed by atoms with Crippen LogP contribution in [0.2, 0.25) is 0 Å². The number of alkyl halides is 1. The molecule has 0 saturated carbocycles. The number of halogens is 1. The predicted octanol–water partition coefficient (Wildman–Crippen LogP) is 2.45. The number of esters is 2. The van der Waals surface area contributed by atoms with Crippen LogP contribution < -0.4 is 5.32 Å². The van der Waals surface area contributed by atoms with E-state index >= 15 is 0 Å². The summed E-state index contributed by atoms with van der Waals surface area (Å²) in [5.41, 5.74) is -0.424. The summed E-state index contributed by atoms with van der Waals surface area (Å²) in [5, 5.41) is 3.31. The Bertz CT molecular complexity index is 352. The standard InChI is InChI=1S/C15H26INO4/c1-11(16)14(19)20-10-4-5-13(18)21-15(2,3)12-6-8-17-9-7-12/h11-12,17H,4-10H2,1-3H3. The highest BCUT2D eigenvalue weighted by molar-refractivity contribution is 14.1. The minimum absolute atomic E-state index is 0.159. The SMILES string of the molecule is CC(I)C(=O)OCCCC(=O)OC(C)(C)C1CCNCC1. The number of piperidine rings is 1. The molecule has 1 N–H and O–H groups in total. The molecular weight excluding hydrogens is 385 g/mol. The summed E-state index contributed by atoms with van der Waals surface area (Å²) in [6, 6.07) is 0. The van der Waals surface area contributed by atoms with Crippen molar-refractivity contribution in [2.24, 2.45) is 5.92 Å². The van der Waals surface area contributed by atoms with Gasteiger partial charge in [-0.3, -0.25) is 9.59 Å². The minimum atomic E-state index is -0.424. The molecule has 1 heterocycles. The van der Waals surface area contributed by atoms with Crippen LogP contribution in [-0.4, -0.2) is 41.2 Å². The van der Waals surface area contributed by atoms with Crippen LogP contribution in [0.3, 0.4) is 0 Å². The van der Waals surface area contributed by atoms with Crippen LogP contribution in [-0.2, 0) is 19.1 Å². The van der Waals surface area contributed by atoms with Crippen LogP contribution in [0, 0.1) is 5.92 Å². The Hall–Kier alpha value is -0.370. The number of hydrogen-bond acceptors (Lipinski definition) is 5. The maximum Gasteiger partial charge on any atom is 0.318 e. The molecule has 0 radical (unpaired) electrons. The summed E-state index contributed by atoms with van der Waals surface area (Å²) in [5.74, 6) is -0.0449. The van der Waals surface area contributed by atoms with Crippen LogP contribution in [0.1, 0.15) is 46.5 Å². The number of ether oxygens (including phenoxy) is 2. The van der Waals surface area contributed by atoms with Gasteiger partial charge in [0.25, 0.3) is 0 Å². The third kappa shape index (κ3) is 6.95. The molecule has 0 amide bonds. The van der Waals surface area contributed by atoms with Crippen molar-refractivity contribution >= 4 is 34.5 Å². The minimum Gasteiger partial charge on any atom is -0.465 e.